The second-order valence-electron chi connectivity index (χ2n) is 7.41. The first-order valence-corrected chi connectivity index (χ1v) is 9.25. The largest absolute Gasteiger partial charge is 0.342 e. The number of H-pyrrole nitrogens is 2. The van der Waals surface area contributed by atoms with Crippen molar-refractivity contribution < 1.29 is 4.79 Å². The first-order chi connectivity index (χ1) is 12.5. The smallest absolute Gasteiger partial charge is 0.227 e. The van der Waals surface area contributed by atoms with Crippen molar-refractivity contribution in [3.8, 4) is 0 Å². The van der Waals surface area contributed by atoms with Gasteiger partial charge in [0.1, 0.15) is 5.82 Å². The van der Waals surface area contributed by atoms with Crippen molar-refractivity contribution >= 4 is 16.9 Å². The number of rotatable bonds is 3. The van der Waals surface area contributed by atoms with Crippen LogP contribution in [0.2, 0.25) is 0 Å². The molecule has 1 aliphatic rings. The Bertz CT molecular complexity index is 935. The van der Waals surface area contributed by atoms with Crippen molar-refractivity contribution in [3.63, 3.8) is 0 Å². The fourth-order valence-electron chi connectivity index (χ4n) is 3.86. The molecule has 1 fully saturated rings. The molecule has 0 aliphatic carbocycles. The molecule has 3 heterocycles. The van der Waals surface area contributed by atoms with E-state index >= 15 is 0 Å². The van der Waals surface area contributed by atoms with E-state index in [-0.39, 0.29) is 11.8 Å². The highest BCUT2D eigenvalue weighted by atomic mass is 16.2. The summed E-state index contributed by atoms with van der Waals surface area (Å²) in [6, 6.07) is 6.27. The fraction of sp³-hybridized carbons (Fsp3) is 0.450. The van der Waals surface area contributed by atoms with Crippen molar-refractivity contribution in [3.05, 3.63) is 46.5 Å². The maximum Gasteiger partial charge on any atom is 0.227 e. The van der Waals surface area contributed by atoms with Crippen molar-refractivity contribution in [1.29, 1.82) is 0 Å². The number of carbonyl (C=O) groups is 1. The monoisotopic (exact) mass is 351 g/mol. The van der Waals surface area contributed by atoms with Gasteiger partial charge in [-0.2, -0.15) is 5.10 Å². The number of amides is 1. The summed E-state index contributed by atoms with van der Waals surface area (Å²) in [6.45, 7) is 7.55. The van der Waals surface area contributed by atoms with E-state index in [2.05, 4.69) is 40.3 Å². The summed E-state index contributed by atoms with van der Waals surface area (Å²) in [5.74, 6) is 1.44. The summed E-state index contributed by atoms with van der Waals surface area (Å²) in [6.07, 6.45) is 2.49. The molecule has 4 rings (SSSR count). The van der Waals surface area contributed by atoms with Gasteiger partial charge in [0.15, 0.2) is 0 Å². The van der Waals surface area contributed by atoms with Crippen molar-refractivity contribution in [2.24, 2.45) is 0 Å². The molecule has 1 saturated heterocycles. The third kappa shape index (κ3) is 3.11. The molecule has 0 unspecified atom stereocenters. The number of hydrogen-bond acceptors (Lipinski definition) is 3. The molecule has 0 bridgehead atoms. The zero-order valence-electron chi connectivity index (χ0n) is 15.6. The summed E-state index contributed by atoms with van der Waals surface area (Å²) >= 11 is 0. The lowest BCUT2D eigenvalue weighted by atomic mass is 9.96. The van der Waals surface area contributed by atoms with Gasteiger partial charge in [0.05, 0.1) is 23.1 Å². The van der Waals surface area contributed by atoms with Gasteiger partial charge in [0.2, 0.25) is 5.91 Å². The number of likely N-dealkylation sites (tertiary alicyclic amines) is 1. The number of carbonyl (C=O) groups excluding carboxylic acids is 1. The van der Waals surface area contributed by atoms with E-state index in [4.69, 9.17) is 4.98 Å². The topological polar surface area (TPSA) is 77.7 Å². The molecule has 0 spiro atoms. The number of benzene rings is 1. The lowest BCUT2D eigenvalue weighted by Gasteiger charge is -2.32. The number of fused-ring (bicyclic) bond motifs is 1. The predicted octanol–water partition coefficient (Wildman–Crippen LogP) is 3.16. The normalized spacial score (nSPS) is 17.8. The van der Waals surface area contributed by atoms with Gasteiger partial charge >= 0.3 is 0 Å². The highest BCUT2D eigenvalue weighted by molar-refractivity contribution is 5.79. The minimum atomic E-state index is 0.175. The lowest BCUT2D eigenvalue weighted by Crippen LogP contribution is -2.40. The number of piperidine rings is 1. The second-order valence-corrected chi connectivity index (χ2v) is 7.41. The first-order valence-electron chi connectivity index (χ1n) is 9.25. The first kappa shape index (κ1) is 16.8. The zero-order valence-corrected chi connectivity index (χ0v) is 15.6. The molecule has 3 aromatic rings. The fourth-order valence-corrected chi connectivity index (χ4v) is 3.86. The maximum absolute atomic E-state index is 12.8. The Kier molecular flexibility index (Phi) is 4.26. The molecule has 1 aromatic carbocycles. The van der Waals surface area contributed by atoms with Crippen LogP contribution in [-0.2, 0) is 11.2 Å². The van der Waals surface area contributed by atoms with Crippen LogP contribution >= 0.6 is 0 Å². The Balaban J connectivity index is 1.50. The van der Waals surface area contributed by atoms with Gasteiger partial charge in [-0.3, -0.25) is 9.89 Å². The van der Waals surface area contributed by atoms with E-state index in [0.717, 1.165) is 59.7 Å². The van der Waals surface area contributed by atoms with Gasteiger partial charge in [0.25, 0.3) is 0 Å². The van der Waals surface area contributed by atoms with Crippen LogP contribution in [0.3, 0.4) is 0 Å². The molecular weight excluding hydrogens is 326 g/mol. The van der Waals surface area contributed by atoms with E-state index < -0.39 is 0 Å². The Labute approximate surface area is 153 Å². The summed E-state index contributed by atoms with van der Waals surface area (Å²) in [4.78, 5) is 23.0. The molecule has 6 heteroatoms. The molecular formula is C20H25N5O. The van der Waals surface area contributed by atoms with E-state index in [1.807, 2.05) is 18.7 Å². The van der Waals surface area contributed by atoms with E-state index in [1.54, 1.807) is 0 Å². The van der Waals surface area contributed by atoms with Gasteiger partial charge in [0, 0.05) is 30.3 Å². The average Bonchev–Trinajstić information content (AvgIpc) is 3.19. The standard InChI is InChI=1S/C20H25N5O/c1-12-6-7-17-18(9-12)22-20(21-17)15-5-4-8-25(11-15)19(26)10-16-13(2)23-24-14(16)3/h6-7,9,15H,4-5,8,10-11H2,1-3H3,(H,21,22)(H,23,24)/t15-/m1/s1. The van der Waals surface area contributed by atoms with Crippen molar-refractivity contribution in [2.45, 2.75) is 46.0 Å². The summed E-state index contributed by atoms with van der Waals surface area (Å²) in [5.41, 5.74) is 6.22. The van der Waals surface area contributed by atoms with E-state index in [0.29, 0.717) is 6.42 Å². The van der Waals surface area contributed by atoms with E-state index in [1.165, 1.54) is 5.56 Å². The van der Waals surface area contributed by atoms with Crippen LogP contribution in [0.15, 0.2) is 18.2 Å². The maximum atomic E-state index is 12.8. The van der Waals surface area contributed by atoms with Crippen molar-refractivity contribution in [2.75, 3.05) is 13.1 Å². The third-order valence-corrected chi connectivity index (χ3v) is 5.43. The molecule has 2 aromatic heterocycles. The highest BCUT2D eigenvalue weighted by Gasteiger charge is 2.27. The molecule has 136 valence electrons. The molecule has 26 heavy (non-hydrogen) atoms. The number of imidazole rings is 1. The Morgan fingerprint density at radius 1 is 1.31 bits per heavy atom. The molecule has 1 amide bonds. The molecule has 1 aliphatic heterocycles. The summed E-state index contributed by atoms with van der Waals surface area (Å²) in [7, 11) is 0. The SMILES string of the molecule is Cc1ccc2nc([C@@H]3CCCN(C(=O)Cc4c(C)n[nH]c4C)C3)[nH]c2c1. The van der Waals surface area contributed by atoms with Gasteiger partial charge in [-0.05, 0) is 51.3 Å². The van der Waals surface area contributed by atoms with E-state index in [9.17, 15) is 4.79 Å². The Morgan fingerprint density at radius 2 is 2.15 bits per heavy atom. The number of hydrogen-bond donors (Lipinski definition) is 2. The molecule has 6 nitrogen and oxygen atoms in total. The van der Waals surface area contributed by atoms with Gasteiger partial charge in [-0.15, -0.1) is 0 Å². The summed E-state index contributed by atoms with van der Waals surface area (Å²) < 4.78 is 0. The van der Waals surface area contributed by atoms with Crippen LogP contribution in [-0.4, -0.2) is 44.1 Å². The second kappa shape index (κ2) is 6.59. The van der Waals surface area contributed by atoms with Gasteiger partial charge < -0.3 is 9.88 Å². The average molecular weight is 351 g/mol. The Morgan fingerprint density at radius 3 is 2.92 bits per heavy atom. The number of aromatic nitrogens is 4. The van der Waals surface area contributed by atoms with Crippen LogP contribution < -0.4 is 0 Å². The third-order valence-electron chi connectivity index (χ3n) is 5.43. The zero-order chi connectivity index (χ0) is 18.3. The van der Waals surface area contributed by atoms with Crippen LogP contribution in [0.5, 0.6) is 0 Å². The molecule has 2 N–H and O–H groups in total. The number of nitrogens with zero attached hydrogens (tertiary/aromatic N) is 3. The lowest BCUT2D eigenvalue weighted by molar-refractivity contribution is -0.131. The van der Waals surface area contributed by atoms with Crippen LogP contribution in [0.4, 0.5) is 0 Å². The van der Waals surface area contributed by atoms with Gasteiger partial charge in [-0.1, -0.05) is 6.07 Å². The minimum Gasteiger partial charge on any atom is -0.342 e. The number of nitrogens with one attached hydrogen (secondary N) is 2. The van der Waals surface area contributed by atoms with Crippen LogP contribution in [0, 0.1) is 20.8 Å². The highest BCUT2D eigenvalue weighted by Crippen LogP contribution is 2.27. The summed E-state index contributed by atoms with van der Waals surface area (Å²) in [5, 5.41) is 7.16. The molecule has 0 radical (unpaired) electrons. The van der Waals surface area contributed by atoms with Gasteiger partial charge in [-0.25, -0.2) is 4.98 Å². The van der Waals surface area contributed by atoms with Crippen LogP contribution in [0.25, 0.3) is 11.0 Å². The van der Waals surface area contributed by atoms with Crippen LogP contribution in [0.1, 0.15) is 47.1 Å². The number of aromatic amines is 2. The molecule has 1 atom stereocenters. The van der Waals surface area contributed by atoms with Crippen molar-refractivity contribution in [1.82, 2.24) is 25.1 Å². The Hall–Kier alpha value is -2.63. The predicted molar refractivity (Wildman–Crippen MR) is 101 cm³/mol. The quantitative estimate of drug-likeness (QED) is 0.761. The number of aryl methyl sites for hydroxylation is 3. The molecule has 0 saturated carbocycles. The minimum absolute atomic E-state index is 0.175.